The maximum atomic E-state index is 15.4. The molecule has 0 aliphatic carbocycles. The monoisotopic (exact) mass is 416 g/mol. The van der Waals surface area contributed by atoms with Crippen molar-refractivity contribution in [3.63, 3.8) is 0 Å². The summed E-state index contributed by atoms with van der Waals surface area (Å²) in [7, 11) is 1.43. The van der Waals surface area contributed by atoms with Crippen molar-refractivity contribution in [2.45, 2.75) is 26.2 Å². The molecule has 0 amide bonds. The first kappa shape index (κ1) is 19.9. The number of aliphatic imine (C=N–C) groups is 1. The number of allylic oxidation sites excluding steroid dienone is 1. The Morgan fingerprint density at radius 1 is 1.27 bits per heavy atom. The van der Waals surface area contributed by atoms with Crippen molar-refractivity contribution in [1.82, 2.24) is 20.2 Å². The number of fused-ring (bicyclic) bond motifs is 1. The number of nitrogens with one attached hydrogen (secondary N) is 2. The van der Waals surface area contributed by atoms with Gasteiger partial charge in [0, 0.05) is 29.5 Å². The van der Waals surface area contributed by atoms with Gasteiger partial charge < -0.3 is 10.1 Å². The van der Waals surface area contributed by atoms with Gasteiger partial charge in [0.1, 0.15) is 22.9 Å². The highest BCUT2D eigenvalue weighted by Crippen LogP contribution is 2.38. The minimum Gasteiger partial charge on any atom is -0.494 e. The van der Waals surface area contributed by atoms with Gasteiger partial charge in [0.2, 0.25) is 5.82 Å². The number of nitrogens with zero attached hydrogens (tertiary/aromatic N) is 4. The van der Waals surface area contributed by atoms with Crippen LogP contribution in [0.1, 0.15) is 24.9 Å². The molecular formula is C20H19F3N6O. The zero-order valence-corrected chi connectivity index (χ0v) is 16.5. The number of aromatic nitrogens is 4. The molecule has 3 heterocycles. The normalized spacial score (nSPS) is 16.9. The molecule has 1 aliphatic rings. The summed E-state index contributed by atoms with van der Waals surface area (Å²) < 4.78 is 49.6. The van der Waals surface area contributed by atoms with Gasteiger partial charge in [0.15, 0.2) is 5.82 Å². The fourth-order valence-corrected chi connectivity index (χ4v) is 3.34. The number of aromatic amines is 1. The molecule has 156 valence electrons. The lowest BCUT2D eigenvalue weighted by molar-refractivity contribution is 0.0600. The van der Waals surface area contributed by atoms with E-state index in [4.69, 9.17) is 4.74 Å². The fourth-order valence-electron chi connectivity index (χ4n) is 3.34. The molecular weight excluding hydrogens is 397 g/mol. The summed E-state index contributed by atoms with van der Waals surface area (Å²) in [4.78, 5) is 11.9. The van der Waals surface area contributed by atoms with Gasteiger partial charge in [-0.05, 0) is 19.1 Å². The van der Waals surface area contributed by atoms with E-state index >= 15 is 8.78 Å². The molecule has 0 spiro atoms. The minimum atomic E-state index is -3.61. The number of anilines is 2. The summed E-state index contributed by atoms with van der Waals surface area (Å²) in [6, 6.07) is 6.75. The van der Waals surface area contributed by atoms with E-state index in [1.54, 1.807) is 24.3 Å². The third-order valence-corrected chi connectivity index (χ3v) is 4.78. The summed E-state index contributed by atoms with van der Waals surface area (Å²) in [6.45, 7) is 3.31. The van der Waals surface area contributed by atoms with Gasteiger partial charge in [-0.25, -0.2) is 14.4 Å². The molecule has 2 aromatic heterocycles. The molecule has 30 heavy (non-hydrogen) atoms. The molecule has 0 fully saturated rings. The molecule has 0 radical (unpaired) electrons. The van der Waals surface area contributed by atoms with Gasteiger partial charge in [-0.15, -0.1) is 0 Å². The standard InChI is InChI=1S/C20H19F3N6O/c1-10-7-12(21)9-24-17(10)20(22,23)19-26-16-13(5-4-6-14(16)30-3)18(27-19)25-15-8-11(2)28-29-15/h4-6,8-10H,7H2,1-3H3,(H2,25,26,27,28,29). The van der Waals surface area contributed by atoms with E-state index in [-0.39, 0.29) is 17.8 Å². The van der Waals surface area contributed by atoms with Crippen LogP contribution in [-0.2, 0) is 5.92 Å². The summed E-state index contributed by atoms with van der Waals surface area (Å²) in [5, 5.41) is 10.3. The number of methoxy groups -OCH3 is 1. The molecule has 1 aliphatic heterocycles. The number of hydrogen-bond acceptors (Lipinski definition) is 6. The largest absolute Gasteiger partial charge is 0.494 e. The summed E-state index contributed by atoms with van der Waals surface area (Å²) in [5.74, 6) is -4.83. The van der Waals surface area contributed by atoms with Crippen molar-refractivity contribution in [3.05, 3.63) is 47.8 Å². The lowest BCUT2D eigenvalue weighted by Gasteiger charge is -2.24. The number of aryl methyl sites for hydroxylation is 1. The predicted molar refractivity (Wildman–Crippen MR) is 107 cm³/mol. The molecule has 7 nitrogen and oxygen atoms in total. The smallest absolute Gasteiger partial charge is 0.344 e. The van der Waals surface area contributed by atoms with Crippen LogP contribution in [0.3, 0.4) is 0 Å². The van der Waals surface area contributed by atoms with Crippen molar-refractivity contribution in [3.8, 4) is 5.75 Å². The van der Waals surface area contributed by atoms with Gasteiger partial charge in [-0.1, -0.05) is 13.0 Å². The SMILES string of the molecule is COc1cccc2c(Nc3cc(C)[nH]n3)nc(C(F)(F)C3=NC=C(F)CC3C)nc12. The van der Waals surface area contributed by atoms with Gasteiger partial charge in [-0.3, -0.25) is 10.1 Å². The van der Waals surface area contributed by atoms with Crippen molar-refractivity contribution < 1.29 is 17.9 Å². The van der Waals surface area contributed by atoms with Crippen molar-refractivity contribution in [2.24, 2.45) is 10.9 Å². The molecule has 0 saturated heterocycles. The molecule has 4 rings (SSSR count). The minimum absolute atomic E-state index is 0.144. The van der Waals surface area contributed by atoms with E-state index in [0.717, 1.165) is 11.9 Å². The van der Waals surface area contributed by atoms with Crippen LogP contribution in [0.5, 0.6) is 5.75 Å². The lowest BCUT2D eigenvalue weighted by atomic mass is 9.93. The second-order valence-corrected chi connectivity index (χ2v) is 7.08. The Hall–Kier alpha value is -3.43. The number of halogens is 3. The van der Waals surface area contributed by atoms with Crippen LogP contribution < -0.4 is 10.1 Å². The van der Waals surface area contributed by atoms with Crippen LogP contribution in [-0.4, -0.2) is 33.0 Å². The Kier molecular flexibility index (Phi) is 4.92. The van der Waals surface area contributed by atoms with Gasteiger partial charge >= 0.3 is 5.92 Å². The Balaban J connectivity index is 1.89. The molecule has 1 aromatic carbocycles. The van der Waals surface area contributed by atoms with Crippen LogP contribution in [0.25, 0.3) is 10.9 Å². The van der Waals surface area contributed by atoms with E-state index in [2.05, 4.69) is 30.5 Å². The fraction of sp³-hybridized carbons (Fsp3) is 0.300. The number of benzene rings is 1. The average molecular weight is 416 g/mol. The lowest BCUT2D eigenvalue weighted by Crippen LogP contribution is -2.34. The first-order valence-corrected chi connectivity index (χ1v) is 9.24. The van der Waals surface area contributed by atoms with Crippen LogP contribution >= 0.6 is 0 Å². The quantitative estimate of drug-likeness (QED) is 0.624. The van der Waals surface area contributed by atoms with E-state index in [1.165, 1.54) is 14.0 Å². The Bertz CT molecular complexity index is 1170. The molecule has 0 bridgehead atoms. The first-order valence-electron chi connectivity index (χ1n) is 9.24. The molecule has 3 aromatic rings. The van der Waals surface area contributed by atoms with Crippen molar-refractivity contribution in [1.29, 1.82) is 0 Å². The molecule has 1 atom stereocenters. The average Bonchev–Trinajstić information content (AvgIpc) is 3.11. The maximum absolute atomic E-state index is 15.4. The Morgan fingerprint density at radius 2 is 2.07 bits per heavy atom. The summed E-state index contributed by atoms with van der Waals surface area (Å²) >= 11 is 0. The van der Waals surface area contributed by atoms with Crippen molar-refractivity contribution >= 4 is 28.3 Å². The van der Waals surface area contributed by atoms with Gasteiger partial charge in [0.25, 0.3) is 0 Å². The van der Waals surface area contributed by atoms with E-state index in [0.29, 0.717) is 17.0 Å². The highest BCUT2D eigenvalue weighted by Gasteiger charge is 2.45. The van der Waals surface area contributed by atoms with Crippen LogP contribution in [0.2, 0.25) is 0 Å². The van der Waals surface area contributed by atoms with E-state index in [9.17, 15) is 4.39 Å². The number of para-hydroxylation sites is 1. The number of H-pyrrole nitrogens is 1. The summed E-state index contributed by atoms with van der Waals surface area (Å²) in [5.41, 5.74) is 0.517. The number of ether oxygens (including phenoxy) is 1. The van der Waals surface area contributed by atoms with Crippen LogP contribution in [0.15, 0.2) is 41.3 Å². The number of rotatable bonds is 5. The summed E-state index contributed by atoms with van der Waals surface area (Å²) in [6.07, 6.45) is 0.666. The van der Waals surface area contributed by atoms with Crippen LogP contribution in [0.4, 0.5) is 24.8 Å². The first-order chi connectivity index (χ1) is 14.3. The number of hydrogen-bond donors (Lipinski definition) is 2. The molecule has 10 heteroatoms. The predicted octanol–water partition coefficient (Wildman–Crippen LogP) is 4.80. The highest BCUT2D eigenvalue weighted by atomic mass is 19.3. The second kappa shape index (κ2) is 7.43. The second-order valence-electron chi connectivity index (χ2n) is 7.08. The van der Waals surface area contributed by atoms with E-state index < -0.39 is 29.2 Å². The topological polar surface area (TPSA) is 88.1 Å². The van der Waals surface area contributed by atoms with E-state index in [1.807, 2.05) is 6.92 Å². The molecule has 1 unspecified atom stereocenters. The Morgan fingerprint density at radius 3 is 2.73 bits per heavy atom. The number of alkyl halides is 2. The molecule has 2 N–H and O–H groups in total. The molecule has 0 saturated carbocycles. The highest BCUT2D eigenvalue weighted by molar-refractivity contribution is 5.97. The third-order valence-electron chi connectivity index (χ3n) is 4.78. The zero-order chi connectivity index (χ0) is 21.5. The maximum Gasteiger partial charge on any atom is 0.344 e. The van der Waals surface area contributed by atoms with Gasteiger partial charge in [-0.2, -0.15) is 13.9 Å². The third kappa shape index (κ3) is 3.49. The Labute approximate surface area is 170 Å². The van der Waals surface area contributed by atoms with Crippen molar-refractivity contribution in [2.75, 3.05) is 12.4 Å². The zero-order valence-electron chi connectivity index (χ0n) is 16.5. The van der Waals surface area contributed by atoms with Crippen LogP contribution in [0, 0.1) is 12.8 Å². The van der Waals surface area contributed by atoms with Gasteiger partial charge in [0.05, 0.1) is 19.0 Å².